The third-order valence-electron chi connectivity index (χ3n) is 10.4. The van der Waals surface area contributed by atoms with Gasteiger partial charge in [0.2, 0.25) is 0 Å². The summed E-state index contributed by atoms with van der Waals surface area (Å²) in [6.45, 7) is 1.53. The average molecular weight is 854 g/mol. The normalized spacial score (nSPS) is 15.3. The molecule has 3 aliphatic heterocycles. The molecule has 14 heteroatoms. The highest BCUT2D eigenvalue weighted by Gasteiger charge is 2.41. The van der Waals surface area contributed by atoms with Crippen molar-refractivity contribution in [3.63, 3.8) is 0 Å². The molecular formula is C48H48F5N5O4. The Bertz CT molecular complexity index is 2210. The molecule has 6 aromatic rings. The van der Waals surface area contributed by atoms with Gasteiger partial charge < -0.3 is 18.9 Å². The highest BCUT2D eigenvalue weighted by Crippen LogP contribution is 2.44. The van der Waals surface area contributed by atoms with E-state index in [0.29, 0.717) is 37.6 Å². The molecule has 0 N–H and O–H groups in total. The molecule has 8 heterocycles. The van der Waals surface area contributed by atoms with Crippen LogP contribution >= 0.6 is 0 Å². The minimum atomic E-state index is -5.36. The number of nitrogens with zero attached hydrogens (tertiary/aromatic N) is 5. The Kier molecular flexibility index (Phi) is 15.3. The zero-order valence-corrected chi connectivity index (χ0v) is 34.3. The number of rotatable bonds is 0. The largest absolute Gasteiger partial charge is 0.492 e. The maximum absolute atomic E-state index is 15.9. The van der Waals surface area contributed by atoms with Gasteiger partial charge in [-0.05, 0) is 92.4 Å². The second-order valence-corrected chi connectivity index (χ2v) is 15.0. The van der Waals surface area contributed by atoms with E-state index in [1.54, 1.807) is 24.5 Å². The molecule has 0 unspecified atom stereocenters. The Hall–Kier alpha value is -6.18. The lowest BCUT2D eigenvalue weighted by atomic mass is 9.97. The van der Waals surface area contributed by atoms with Crippen LogP contribution in [0.25, 0.3) is 45.3 Å². The lowest BCUT2D eigenvalue weighted by Gasteiger charge is -2.18. The quantitative estimate of drug-likeness (QED) is 0.138. The number of benzene rings is 1. The van der Waals surface area contributed by atoms with E-state index in [9.17, 15) is 13.2 Å². The van der Waals surface area contributed by atoms with Crippen molar-refractivity contribution in [2.75, 3.05) is 26.4 Å². The van der Waals surface area contributed by atoms with Crippen LogP contribution in [0.1, 0.15) is 82.6 Å². The van der Waals surface area contributed by atoms with Gasteiger partial charge >= 0.3 is 6.18 Å². The van der Waals surface area contributed by atoms with E-state index in [0.717, 1.165) is 93.1 Å². The molecule has 0 atom stereocenters. The van der Waals surface area contributed by atoms with Gasteiger partial charge in [-0.15, -0.1) is 0 Å². The SMILES string of the molecule is Fc1c2cc(c(F)c1C(F)(F)F)-c1ncccc1OCCCCCCCCOc1ccc(nc1)-c1cccc(n1)-c1ccc(cn1)OCCCCCCCCOc1cccnc1-2. The van der Waals surface area contributed by atoms with Gasteiger partial charge in [0.25, 0.3) is 0 Å². The predicted molar refractivity (Wildman–Crippen MR) is 226 cm³/mol. The lowest BCUT2D eigenvalue weighted by molar-refractivity contribution is -0.142. The van der Waals surface area contributed by atoms with Gasteiger partial charge in [-0.25, -0.2) is 13.8 Å². The molecule has 0 radical (unpaired) electrons. The standard InChI is InChI=1S/C48H48F5N5O4/c49-44-35-30-36(45(50)43(44)48(51,52)53)47-42(19-15-25-55-47)62-29-12-8-4-2-6-10-27-60-34-21-23-38(57-32-34)40-17-13-16-39(58-40)37-22-20-33(31-56-37)59-26-9-5-1-3-7-11-28-61-41-18-14-24-54-46(35)41/h13-25,30-32H,1-12,26-29H2. The minimum absolute atomic E-state index is 0.0808. The zero-order valence-electron chi connectivity index (χ0n) is 34.3. The topological polar surface area (TPSA) is 101 Å². The molecule has 324 valence electrons. The molecule has 0 fully saturated rings. The molecule has 0 amide bonds. The fourth-order valence-corrected chi connectivity index (χ4v) is 7.17. The van der Waals surface area contributed by atoms with Crippen LogP contribution < -0.4 is 18.9 Å². The Labute approximate surface area is 357 Å². The number of fused-ring (bicyclic) bond motifs is 2. The van der Waals surface area contributed by atoms with E-state index >= 15 is 8.78 Å². The Balaban J connectivity index is 1.04. The maximum Gasteiger partial charge on any atom is 0.422 e. The summed E-state index contributed by atoms with van der Waals surface area (Å²) < 4.78 is 98.6. The van der Waals surface area contributed by atoms with Crippen molar-refractivity contribution < 1.29 is 40.9 Å². The van der Waals surface area contributed by atoms with Crippen LogP contribution in [0.15, 0.2) is 97.6 Å². The summed E-state index contributed by atoms with van der Waals surface area (Å²) >= 11 is 0. The fraction of sp³-hybridized carbons (Fsp3) is 0.354. The van der Waals surface area contributed by atoms with Crippen LogP contribution in [0, 0.1) is 11.6 Å². The molecule has 3 aliphatic rings. The lowest BCUT2D eigenvalue weighted by Crippen LogP contribution is -2.14. The molecular weight excluding hydrogens is 806 g/mol. The van der Waals surface area contributed by atoms with Gasteiger partial charge in [0.05, 0.1) is 61.6 Å². The van der Waals surface area contributed by atoms with Gasteiger partial charge in [-0.1, -0.05) is 57.4 Å². The van der Waals surface area contributed by atoms with E-state index < -0.39 is 34.5 Å². The number of halogens is 5. The van der Waals surface area contributed by atoms with E-state index in [1.807, 2.05) is 42.5 Å². The van der Waals surface area contributed by atoms with Crippen LogP contribution in [0.5, 0.6) is 23.0 Å². The first-order valence-corrected chi connectivity index (χ1v) is 21.2. The van der Waals surface area contributed by atoms with Gasteiger partial charge in [-0.2, -0.15) is 13.2 Å². The van der Waals surface area contributed by atoms with E-state index in [1.165, 1.54) is 24.5 Å². The fourth-order valence-electron chi connectivity index (χ4n) is 7.17. The highest BCUT2D eigenvalue weighted by molar-refractivity contribution is 5.77. The van der Waals surface area contributed by atoms with Crippen LogP contribution in [-0.4, -0.2) is 51.3 Å². The Morgan fingerprint density at radius 1 is 0.435 bits per heavy atom. The van der Waals surface area contributed by atoms with Crippen molar-refractivity contribution in [2.45, 2.75) is 83.2 Å². The number of pyridine rings is 5. The molecule has 8 bridgehead atoms. The van der Waals surface area contributed by atoms with E-state index in [2.05, 4.69) is 19.9 Å². The molecule has 0 spiro atoms. The Morgan fingerprint density at radius 3 is 1.26 bits per heavy atom. The first-order valence-electron chi connectivity index (χ1n) is 21.2. The molecule has 0 saturated heterocycles. The first kappa shape index (κ1) is 43.9. The summed E-state index contributed by atoms with van der Waals surface area (Å²) in [5.41, 5.74) is -0.609. The predicted octanol–water partition coefficient (Wildman–Crippen LogP) is 12.5. The summed E-state index contributed by atoms with van der Waals surface area (Å²) in [7, 11) is 0. The van der Waals surface area contributed by atoms with Crippen LogP contribution in [0.4, 0.5) is 22.0 Å². The van der Waals surface area contributed by atoms with Crippen LogP contribution in [-0.2, 0) is 6.18 Å². The second kappa shape index (κ2) is 21.6. The molecule has 62 heavy (non-hydrogen) atoms. The zero-order chi connectivity index (χ0) is 43.2. The van der Waals surface area contributed by atoms with Gasteiger partial charge in [0.1, 0.15) is 51.6 Å². The number of alkyl halides is 3. The molecule has 9 rings (SSSR count). The third-order valence-corrected chi connectivity index (χ3v) is 10.4. The van der Waals surface area contributed by atoms with Crippen molar-refractivity contribution in [2.24, 2.45) is 0 Å². The number of aromatic nitrogens is 5. The number of hydrogen-bond donors (Lipinski definition) is 0. The van der Waals surface area contributed by atoms with Crippen molar-refractivity contribution >= 4 is 0 Å². The summed E-state index contributed by atoms with van der Waals surface area (Å²) in [6.07, 6.45) is 11.1. The highest BCUT2D eigenvalue weighted by atomic mass is 19.4. The average Bonchev–Trinajstić information content (AvgIpc) is 3.28. The molecule has 1 aromatic carbocycles. The molecule has 0 aliphatic carbocycles. The van der Waals surface area contributed by atoms with Crippen molar-refractivity contribution in [1.82, 2.24) is 24.9 Å². The maximum atomic E-state index is 15.9. The minimum Gasteiger partial charge on any atom is -0.492 e. The number of ether oxygens (including phenoxy) is 4. The first-order chi connectivity index (χ1) is 30.3. The van der Waals surface area contributed by atoms with Crippen molar-refractivity contribution in [3.05, 3.63) is 115 Å². The van der Waals surface area contributed by atoms with Crippen LogP contribution in [0.3, 0.4) is 0 Å². The monoisotopic (exact) mass is 853 g/mol. The molecule has 5 aromatic heterocycles. The molecule has 0 saturated carbocycles. The van der Waals surface area contributed by atoms with Gasteiger partial charge in [0.15, 0.2) is 0 Å². The van der Waals surface area contributed by atoms with Crippen LogP contribution in [0.2, 0.25) is 0 Å². The van der Waals surface area contributed by atoms with E-state index in [4.69, 9.17) is 23.9 Å². The summed E-state index contributed by atoms with van der Waals surface area (Å²) in [5, 5.41) is 0. The second-order valence-electron chi connectivity index (χ2n) is 15.0. The third kappa shape index (κ3) is 11.6. The molecule has 9 nitrogen and oxygen atoms in total. The summed E-state index contributed by atoms with van der Waals surface area (Å²) in [5.74, 6) is -2.06. The Morgan fingerprint density at radius 2 is 0.855 bits per heavy atom. The summed E-state index contributed by atoms with van der Waals surface area (Å²) in [6, 6.07) is 20.4. The van der Waals surface area contributed by atoms with Crippen molar-refractivity contribution in [1.29, 1.82) is 0 Å². The van der Waals surface area contributed by atoms with Gasteiger partial charge in [0, 0.05) is 23.5 Å². The number of hydrogen-bond acceptors (Lipinski definition) is 9. The van der Waals surface area contributed by atoms with Gasteiger partial charge in [-0.3, -0.25) is 19.9 Å². The smallest absolute Gasteiger partial charge is 0.422 e. The summed E-state index contributed by atoms with van der Waals surface area (Å²) in [4.78, 5) is 22.3. The van der Waals surface area contributed by atoms with Crippen molar-refractivity contribution in [3.8, 4) is 68.3 Å². The van der Waals surface area contributed by atoms with E-state index in [-0.39, 0.29) is 36.1 Å².